The lowest BCUT2D eigenvalue weighted by atomic mass is 9.66. The zero-order valence-corrected chi connectivity index (χ0v) is 51.3. The molecule has 6 fully saturated rings. The molecule has 0 unspecified atom stereocenters. The molecule has 12 heterocycles. The van der Waals surface area contributed by atoms with E-state index in [2.05, 4.69) is 67.4 Å². The van der Waals surface area contributed by atoms with Gasteiger partial charge in [0.1, 0.15) is 0 Å². The van der Waals surface area contributed by atoms with E-state index in [0.29, 0.717) is 59.4 Å². The van der Waals surface area contributed by atoms with Gasteiger partial charge in [-0.1, -0.05) is 0 Å². The molecule has 35 heteroatoms. The van der Waals surface area contributed by atoms with Crippen LogP contribution in [0.3, 0.4) is 0 Å². The van der Waals surface area contributed by atoms with Crippen LogP contribution >= 0.6 is 0 Å². The summed E-state index contributed by atoms with van der Waals surface area (Å²) < 4.78 is 97.6. The summed E-state index contributed by atoms with van der Waals surface area (Å²) in [5.74, 6) is -6.08. The van der Waals surface area contributed by atoms with Gasteiger partial charge in [-0.3, -0.25) is 60.7 Å². The number of carbonyl (C=O) groups is 9. The second-order valence-electron chi connectivity index (χ2n) is 24.7. The topological polar surface area (TPSA) is 380 Å². The molecule has 6 aromatic rings. The highest BCUT2D eigenvalue weighted by atomic mass is 19.4. The Morgan fingerprint density at radius 3 is 1.06 bits per heavy atom. The zero-order valence-electron chi connectivity index (χ0n) is 51.3. The van der Waals surface area contributed by atoms with Crippen molar-refractivity contribution in [1.82, 2.24) is 62.5 Å². The van der Waals surface area contributed by atoms with Crippen molar-refractivity contribution < 1.29 is 92.6 Å². The Morgan fingerprint density at radius 1 is 0.453 bits per heavy atom. The number of hydrogen-bond donors (Lipinski definition) is 6. The molecule has 0 aliphatic carbocycles. The van der Waals surface area contributed by atoms with Crippen LogP contribution in [0.1, 0.15) is 82.3 Å². The molecule has 12 amide bonds. The van der Waals surface area contributed by atoms with Crippen LogP contribution in [0.15, 0.2) is 67.8 Å². The number of hydrogen-bond acceptors (Lipinski definition) is 24. The average molecular weight is 1320 g/mol. The molecular formula is C60H58F5N15O15. The summed E-state index contributed by atoms with van der Waals surface area (Å²) >= 11 is 0. The quantitative estimate of drug-likeness (QED) is 0.107. The first-order valence-corrected chi connectivity index (χ1v) is 30.0. The molecule has 9 aliphatic rings. The molecule has 6 saturated heterocycles. The highest BCUT2D eigenvalue weighted by molar-refractivity contribution is 6.22. The van der Waals surface area contributed by atoms with E-state index >= 15 is 0 Å². The number of carbonyl (C=O) groups excluding carboxylic acids is 9. The summed E-state index contributed by atoms with van der Waals surface area (Å²) in [6.07, 6.45) is -9.60. The van der Waals surface area contributed by atoms with Crippen LogP contribution in [-0.2, 0) is 68.4 Å². The van der Waals surface area contributed by atoms with E-state index in [-0.39, 0.29) is 54.9 Å². The van der Waals surface area contributed by atoms with Crippen molar-refractivity contribution in [2.45, 2.75) is 135 Å². The van der Waals surface area contributed by atoms with E-state index in [1.807, 2.05) is 55.7 Å². The van der Waals surface area contributed by atoms with Gasteiger partial charge in [-0.25, -0.2) is 14.4 Å². The molecule has 3 aromatic heterocycles. The van der Waals surface area contributed by atoms with E-state index in [0.717, 1.165) is 16.9 Å². The molecule has 9 aliphatic heterocycles. The Balaban J connectivity index is 0.000000129. The molecule has 0 bridgehead atoms. The smallest absolute Gasteiger partial charge is 0.421 e. The Labute approximate surface area is 533 Å². The molecule has 30 nitrogen and oxygen atoms in total. The molecule has 6 N–H and O–H groups in total. The second kappa shape index (κ2) is 23.1. The van der Waals surface area contributed by atoms with Crippen molar-refractivity contribution in [3.8, 4) is 34.4 Å². The first-order chi connectivity index (χ1) is 45.0. The van der Waals surface area contributed by atoms with Crippen LogP contribution in [0.5, 0.6) is 0 Å². The largest absolute Gasteiger partial charge is 0.470 e. The fourth-order valence-electron chi connectivity index (χ4n) is 15.0. The van der Waals surface area contributed by atoms with Crippen LogP contribution in [-0.4, -0.2) is 159 Å². The number of nitrogens with one attached hydrogen (secondary N) is 6. The normalized spacial score (nSPS) is 26.8. The summed E-state index contributed by atoms with van der Waals surface area (Å²) in [6.45, 7) is 14.1. The number of morpholine rings is 3. The van der Waals surface area contributed by atoms with Crippen LogP contribution in [0.2, 0.25) is 0 Å². The third-order valence-electron chi connectivity index (χ3n) is 18.5. The Hall–Kier alpha value is -10.2. The van der Waals surface area contributed by atoms with Gasteiger partial charge in [0.15, 0.2) is 16.2 Å². The van der Waals surface area contributed by atoms with Crippen LogP contribution in [0.4, 0.5) is 53.4 Å². The molecule has 15 rings (SSSR count). The molecule has 3 aromatic carbocycles. The van der Waals surface area contributed by atoms with Crippen molar-refractivity contribution in [2.24, 2.45) is 16.2 Å². The number of barbiturate groups is 3. The number of imide groups is 6. The predicted octanol–water partition coefficient (Wildman–Crippen LogP) is 4.15. The fourth-order valence-corrected chi connectivity index (χ4v) is 15.0. The Kier molecular flexibility index (Phi) is 15.5. The van der Waals surface area contributed by atoms with Crippen molar-refractivity contribution in [1.29, 1.82) is 0 Å². The van der Waals surface area contributed by atoms with Gasteiger partial charge in [-0.05, 0) is 132 Å². The average Bonchev–Trinajstić information content (AvgIpc) is 1.17. The minimum Gasteiger partial charge on any atom is -0.421 e. The van der Waals surface area contributed by atoms with E-state index in [4.69, 9.17) is 27.5 Å². The maximum absolute atomic E-state index is 13.1. The van der Waals surface area contributed by atoms with Crippen molar-refractivity contribution >= 4 is 70.6 Å². The number of nitrogens with zero attached hydrogens (tertiary/aromatic N) is 9. The molecule has 0 saturated carbocycles. The van der Waals surface area contributed by atoms with Gasteiger partial charge in [-0.15, -0.1) is 30.6 Å². The summed E-state index contributed by atoms with van der Waals surface area (Å²) in [7, 11) is 0. The standard InChI is InChI=1S/C20H18F3N5O5.C20H19F2N5O5.C20H21N5O5/c1-8-7-28-12-4-3-10(14-26-27-17(33-14)20(21,22)23)5-11(12)6-19(13(28)9(2)32-8)15(29)24-18(31)25-16(19)30;1-8-7-27-12-4-3-10(15-25-26-16(32-15)14(21)22)5-11(12)6-20(13(27)9(2)31-8)17(28)23-19(30)24-18(20)29;1-9-8-25-14-5-4-12(16-24-23-11(3)30-16)6-13(14)7-20(15(25)10(2)29-9)17(26)21-19(28)22-18(20)27/h3-5,8-9,13H,6-7H2,1-2H3,(H2,24,25,29,30,31);3-5,8-9,13-14H,6-7H2,1-2H3,(H2,23,24,28,29,30);4-6,9-10,15H,7-8H2,1-3H3,(H2,21,22,26,27,28)/t2*8-,9+,13-;9-,10+,15-/m111/s1. The zero-order chi connectivity index (χ0) is 67.7. The van der Waals surface area contributed by atoms with Crippen LogP contribution in [0.25, 0.3) is 34.4 Å². The minimum atomic E-state index is -4.79. The first-order valence-electron chi connectivity index (χ1n) is 30.0. The van der Waals surface area contributed by atoms with Gasteiger partial charge < -0.3 is 42.2 Å². The summed E-state index contributed by atoms with van der Waals surface area (Å²) in [6, 6.07) is 11.0. The van der Waals surface area contributed by atoms with E-state index in [1.54, 1.807) is 45.0 Å². The number of fused-ring (bicyclic) bond motifs is 12. The Bertz CT molecular complexity index is 4170. The van der Waals surface area contributed by atoms with Gasteiger partial charge in [0.2, 0.25) is 59.0 Å². The summed E-state index contributed by atoms with van der Waals surface area (Å²) in [5, 5.41) is 34.8. The third-order valence-corrected chi connectivity index (χ3v) is 18.5. The minimum absolute atomic E-state index is 0.0276. The maximum Gasteiger partial charge on any atom is 0.470 e. The van der Waals surface area contributed by atoms with E-state index in [1.165, 1.54) is 12.1 Å². The maximum atomic E-state index is 13.1. The Morgan fingerprint density at radius 2 is 0.768 bits per heavy atom. The van der Waals surface area contributed by atoms with Gasteiger partial charge in [0.25, 0.3) is 5.89 Å². The number of amides is 12. The fraction of sp³-hybridized carbons (Fsp3) is 0.450. The number of ether oxygens (including phenoxy) is 3. The second-order valence-corrected chi connectivity index (χ2v) is 24.7. The molecule has 9 atom stereocenters. The number of rotatable bonds is 4. The van der Waals surface area contributed by atoms with Gasteiger partial charge in [-0.2, -0.15) is 22.0 Å². The van der Waals surface area contributed by atoms with Crippen LogP contribution < -0.4 is 46.6 Å². The highest BCUT2D eigenvalue weighted by Gasteiger charge is 2.66. The first kappa shape index (κ1) is 63.6. The number of benzene rings is 3. The SMILES string of the molecule is C[C@@H]1CN2c3ccc(-c4nnc(C(F)(F)F)o4)cc3CC3(C(=O)NC(=O)NC3=O)[C@H]2[C@H](C)O1.C[C@@H]1CN2c3ccc(-c4nnc(C(F)F)o4)cc3CC3(C(=O)NC(=O)NC3=O)[C@H]2[C@H](C)O1.Cc1nnc(-c2ccc3c(c2)CC2(C(=O)NC(=O)NC2=O)[C@H]2[C@H](C)O[C@H](C)CN32)o1. The number of halogens is 5. The lowest BCUT2D eigenvalue weighted by Crippen LogP contribution is -2.75. The van der Waals surface area contributed by atoms with Gasteiger partial charge >= 0.3 is 36.6 Å². The lowest BCUT2D eigenvalue weighted by Gasteiger charge is -2.55. The number of aromatic nitrogens is 6. The van der Waals surface area contributed by atoms with Crippen LogP contribution in [0, 0.1) is 23.2 Å². The number of urea groups is 3. The third kappa shape index (κ3) is 10.5. The highest BCUT2D eigenvalue weighted by Crippen LogP contribution is 2.51. The summed E-state index contributed by atoms with van der Waals surface area (Å²) in [5.41, 5.74) is 0.772. The van der Waals surface area contributed by atoms with E-state index in [9.17, 15) is 65.1 Å². The molecule has 0 radical (unpaired) electrons. The molecule has 95 heavy (non-hydrogen) atoms. The molecular weight excluding hydrogens is 1270 g/mol. The predicted molar refractivity (Wildman–Crippen MR) is 311 cm³/mol. The molecule has 3 spiro atoms. The van der Waals surface area contributed by atoms with Gasteiger partial charge in [0, 0.05) is 60.3 Å². The van der Waals surface area contributed by atoms with Crippen molar-refractivity contribution in [3.05, 3.63) is 89.0 Å². The van der Waals surface area contributed by atoms with Crippen molar-refractivity contribution in [2.75, 3.05) is 34.3 Å². The molecule has 498 valence electrons. The number of anilines is 3. The van der Waals surface area contributed by atoms with E-state index < -0.39 is 131 Å². The summed E-state index contributed by atoms with van der Waals surface area (Å²) in [4.78, 5) is 120. The van der Waals surface area contributed by atoms with Crippen molar-refractivity contribution in [3.63, 3.8) is 0 Å². The lowest BCUT2D eigenvalue weighted by molar-refractivity contribution is -0.157. The monoisotopic (exact) mass is 1320 g/mol. The number of alkyl halides is 5. The number of aryl methyl sites for hydroxylation is 1. The van der Waals surface area contributed by atoms with Gasteiger partial charge in [0.05, 0.1) is 54.7 Å².